The van der Waals surface area contributed by atoms with E-state index in [1.54, 1.807) is 31.2 Å². The van der Waals surface area contributed by atoms with Gasteiger partial charge in [-0.2, -0.15) is 0 Å². The normalized spacial score (nSPS) is 13.5. The van der Waals surface area contributed by atoms with Gasteiger partial charge in [-0.15, -0.1) is 25.5 Å². The first-order chi connectivity index (χ1) is 13.9. The SMILES string of the molecule is Cc1nnc(-c2ccc(CNC(=O)CCC(=O)ON3C(=O)CCC3=O)cc2)nn1. The van der Waals surface area contributed by atoms with Crippen LogP contribution in [0.4, 0.5) is 0 Å². The van der Waals surface area contributed by atoms with E-state index >= 15 is 0 Å². The highest BCUT2D eigenvalue weighted by Gasteiger charge is 2.32. The molecule has 150 valence electrons. The van der Waals surface area contributed by atoms with Gasteiger partial charge in [-0.05, 0) is 12.5 Å². The first-order valence-electron chi connectivity index (χ1n) is 8.89. The van der Waals surface area contributed by atoms with E-state index in [1.807, 2.05) is 0 Å². The standard InChI is InChI=1S/C18H18N6O5/c1-11-20-22-18(23-21-11)13-4-2-12(3-5-13)10-19-14(25)6-9-17(28)29-24-15(26)7-8-16(24)27/h2-5H,6-10H2,1H3,(H,19,25). The van der Waals surface area contributed by atoms with Crippen molar-refractivity contribution in [1.82, 2.24) is 30.8 Å². The van der Waals surface area contributed by atoms with Gasteiger partial charge in [0.2, 0.25) is 11.7 Å². The van der Waals surface area contributed by atoms with Crippen LogP contribution in [-0.2, 0) is 30.6 Å². The topological polar surface area (TPSA) is 144 Å². The van der Waals surface area contributed by atoms with E-state index in [0.717, 1.165) is 11.1 Å². The van der Waals surface area contributed by atoms with Crippen LogP contribution < -0.4 is 5.32 Å². The summed E-state index contributed by atoms with van der Waals surface area (Å²) in [7, 11) is 0. The quantitative estimate of drug-likeness (QED) is 0.649. The molecular weight excluding hydrogens is 380 g/mol. The number of nitrogens with zero attached hydrogens (tertiary/aromatic N) is 5. The van der Waals surface area contributed by atoms with Crippen molar-refractivity contribution in [2.24, 2.45) is 0 Å². The van der Waals surface area contributed by atoms with E-state index < -0.39 is 17.8 Å². The molecule has 1 saturated heterocycles. The molecule has 11 nitrogen and oxygen atoms in total. The van der Waals surface area contributed by atoms with Crippen LogP contribution in [0, 0.1) is 6.92 Å². The van der Waals surface area contributed by atoms with E-state index in [-0.39, 0.29) is 38.1 Å². The Morgan fingerprint density at radius 2 is 1.62 bits per heavy atom. The van der Waals surface area contributed by atoms with Gasteiger partial charge < -0.3 is 10.2 Å². The summed E-state index contributed by atoms with van der Waals surface area (Å²) in [5, 5.41) is 18.8. The number of aryl methyl sites for hydroxylation is 1. The summed E-state index contributed by atoms with van der Waals surface area (Å²) in [5.41, 5.74) is 1.58. The summed E-state index contributed by atoms with van der Waals surface area (Å²) in [4.78, 5) is 51.1. The van der Waals surface area contributed by atoms with Crippen molar-refractivity contribution in [2.75, 3.05) is 0 Å². The zero-order chi connectivity index (χ0) is 20.8. The van der Waals surface area contributed by atoms with E-state index in [9.17, 15) is 19.2 Å². The first-order valence-corrected chi connectivity index (χ1v) is 8.89. The number of imide groups is 1. The molecule has 1 aliphatic rings. The largest absolute Gasteiger partial charge is 0.352 e. The highest BCUT2D eigenvalue weighted by molar-refractivity contribution is 6.01. The molecular formula is C18H18N6O5. The number of carbonyl (C=O) groups excluding carboxylic acids is 4. The van der Waals surface area contributed by atoms with Crippen LogP contribution in [0.5, 0.6) is 0 Å². The summed E-state index contributed by atoms with van der Waals surface area (Å²) in [5.74, 6) is -1.40. The molecule has 0 aliphatic carbocycles. The van der Waals surface area contributed by atoms with Gasteiger partial charge in [0.15, 0.2) is 5.82 Å². The lowest BCUT2D eigenvalue weighted by atomic mass is 10.1. The molecule has 2 aromatic rings. The molecule has 1 fully saturated rings. The molecule has 0 unspecified atom stereocenters. The fourth-order valence-corrected chi connectivity index (χ4v) is 2.48. The van der Waals surface area contributed by atoms with Crippen LogP contribution in [0.2, 0.25) is 0 Å². The number of rotatable bonds is 7. The Bertz CT molecular complexity index is 913. The predicted molar refractivity (Wildman–Crippen MR) is 96.1 cm³/mol. The summed E-state index contributed by atoms with van der Waals surface area (Å²) in [6.07, 6.45) is -0.322. The molecule has 0 saturated carbocycles. The summed E-state index contributed by atoms with van der Waals surface area (Å²) < 4.78 is 0. The molecule has 2 heterocycles. The third-order valence-electron chi connectivity index (χ3n) is 4.04. The van der Waals surface area contributed by atoms with Crippen molar-refractivity contribution in [3.05, 3.63) is 35.7 Å². The first kappa shape index (κ1) is 20.0. The average Bonchev–Trinajstić information content (AvgIpc) is 3.04. The number of hydrogen-bond acceptors (Lipinski definition) is 9. The molecule has 3 rings (SSSR count). The lowest BCUT2D eigenvalue weighted by molar-refractivity contribution is -0.197. The van der Waals surface area contributed by atoms with Crippen LogP contribution in [-0.4, -0.2) is 49.1 Å². The van der Waals surface area contributed by atoms with Crippen molar-refractivity contribution < 1.29 is 24.0 Å². The molecule has 29 heavy (non-hydrogen) atoms. The maximum absolute atomic E-state index is 11.9. The fourth-order valence-electron chi connectivity index (χ4n) is 2.48. The minimum absolute atomic E-state index is 0.0223. The number of nitrogens with one attached hydrogen (secondary N) is 1. The molecule has 1 aliphatic heterocycles. The molecule has 0 radical (unpaired) electrons. The van der Waals surface area contributed by atoms with Gasteiger partial charge in [0.05, 0.1) is 6.42 Å². The lowest BCUT2D eigenvalue weighted by Crippen LogP contribution is -2.32. The Hall–Kier alpha value is -3.76. The van der Waals surface area contributed by atoms with Gasteiger partial charge in [0.1, 0.15) is 0 Å². The van der Waals surface area contributed by atoms with E-state index in [4.69, 9.17) is 4.84 Å². The van der Waals surface area contributed by atoms with Crippen LogP contribution in [0.15, 0.2) is 24.3 Å². The van der Waals surface area contributed by atoms with Gasteiger partial charge in [-0.1, -0.05) is 24.3 Å². The highest BCUT2D eigenvalue weighted by atomic mass is 16.7. The molecule has 11 heteroatoms. The molecule has 0 bridgehead atoms. The molecule has 0 spiro atoms. The Kier molecular flexibility index (Phi) is 6.17. The molecule has 3 amide bonds. The number of benzene rings is 1. The van der Waals surface area contributed by atoms with Crippen LogP contribution in [0.25, 0.3) is 11.4 Å². The van der Waals surface area contributed by atoms with Crippen molar-refractivity contribution in [3.8, 4) is 11.4 Å². The third kappa shape index (κ3) is 5.37. The Morgan fingerprint density at radius 3 is 2.24 bits per heavy atom. The smallest absolute Gasteiger partial charge is 0.333 e. The van der Waals surface area contributed by atoms with Crippen LogP contribution in [0.3, 0.4) is 0 Å². The monoisotopic (exact) mass is 398 g/mol. The summed E-state index contributed by atoms with van der Waals surface area (Å²) in [6.45, 7) is 1.96. The Labute approximate surface area is 165 Å². The van der Waals surface area contributed by atoms with E-state index in [2.05, 4.69) is 25.7 Å². The third-order valence-corrected chi connectivity index (χ3v) is 4.04. The zero-order valence-corrected chi connectivity index (χ0v) is 15.6. The van der Waals surface area contributed by atoms with E-state index in [1.165, 1.54) is 0 Å². The minimum atomic E-state index is -0.812. The second kappa shape index (κ2) is 8.95. The number of amides is 3. The van der Waals surface area contributed by atoms with Gasteiger partial charge in [0.25, 0.3) is 11.8 Å². The second-order valence-corrected chi connectivity index (χ2v) is 6.29. The molecule has 0 atom stereocenters. The van der Waals surface area contributed by atoms with Crippen molar-refractivity contribution >= 4 is 23.7 Å². The second-order valence-electron chi connectivity index (χ2n) is 6.29. The van der Waals surface area contributed by atoms with Gasteiger partial charge >= 0.3 is 5.97 Å². The Morgan fingerprint density at radius 1 is 1.00 bits per heavy atom. The maximum Gasteiger partial charge on any atom is 0.333 e. The molecule has 1 aromatic heterocycles. The van der Waals surface area contributed by atoms with Crippen molar-refractivity contribution in [1.29, 1.82) is 0 Å². The Balaban J connectivity index is 1.42. The van der Waals surface area contributed by atoms with Gasteiger partial charge in [-0.25, -0.2) is 4.79 Å². The average molecular weight is 398 g/mol. The highest BCUT2D eigenvalue weighted by Crippen LogP contribution is 2.14. The predicted octanol–water partition coefficient (Wildman–Crippen LogP) is 0.246. The van der Waals surface area contributed by atoms with Crippen molar-refractivity contribution in [3.63, 3.8) is 0 Å². The van der Waals surface area contributed by atoms with Gasteiger partial charge in [0, 0.05) is 31.4 Å². The van der Waals surface area contributed by atoms with Crippen LogP contribution in [0.1, 0.15) is 37.1 Å². The fraction of sp³-hybridized carbons (Fsp3) is 0.333. The number of hydrogen-bond donors (Lipinski definition) is 1. The molecule has 1 aromatic carbocycles. The number of carbonyl (C=O) groups is 4. The number of aromatic nitrogens is 4. The maximum atomic E-state index is 11.9. The lowest BCUT2D eigenvalue weighted by Gasteiger charge is -2.12. The zero-order valence-electron chi connectivity index (χ0n) is 15.6. The number of hydroxylamine groups is 2. The van der Waals surface area contributed by atoms with Crippen molar-refractivity contribution in [2.45, 2.75) is 39.2 Å². The van der Waals surface area contributed by atoms with Gasteiger partial charge in [-0.3, -0.25) is 14.4 Å². The van der Waals surface area contributed by atoms with E-state index in [0.29, 0.717) is 16.7 Å². The molecule has 1 N–H and O–H groups in total. The minimum Gasteiger partial charge on any atom is -0.352 e. The summed E-state index contributed by atoms with van der Waals surface area (Å²) >= 11 is 0. The van der Waals surface area contributed by atoms with Crippen LogP contribution >= 0.6 is 0 Å². The summed E-state index contributed by atoms with van der Waals surface area (Å²) in [6, 6.07) is 7.18.